The number of carbonyl (C=O) groups excluding carboxylic acids is 1. The standard InChI is InChI=1S/C18H24N4O2/c1-14(17-4-2-11-24-17)21-18(23)19-12-15-5-7-16(8-6-15)13-22-10-3-9-20-22/h3,5-10,14,17H,2,4,11-13H2,1H3,(H2,19,21,23)/t14-,17+/m0/s1. The van der Waals surface area contributed by atoms with Gasteiger partial charge in [-0.3, -0.25) is 4.68 Å². The Balaban J connectivity index is 1.43. The van der Waals surface area contributed by atoms with Gasteiger partial charge in [0.25, 0.3) is 0 Å². The zero-order valence-corrected chi connectivity index (χ0v) is 13.9. The molecule has 0 radical (unpaired) electrons. The number of amides is 2. The van der Waals surface area contributed by atoms with Gasteiger partial charge in [0, 0.05) is 25.5 Å². The van der Waals surface area contributed by atoms with Gasteiger partial charge in [-0.05, 0) is 37.0 Å². The zero-order chi connectivity index (χ0) is 16.8. The summed E-state index contributed by atoms with van der Waals surface area (Å²) < 4.78 is 7.47. The summed E-state index contributed by atoms with van der Waals surface area (Å²) in [6.07, 6.45) is 5.93. The Morgan fingerprint density at radius 2 is 2.17 bits per heavy atom. The molecule has 128 valence electrons. The molecule has 0 saturated carbocycles. The molecule has 24 heavy (non-hydrogen) atoms. The van der Waals surface area contributed by atoms with Gasteiger partial charge >= 0.3 is 6.03 Å². The Hall–Kier alpha value is -2.34. The van der Waals surface area contributed by atoms with Crippen molar-refractivity contribution < 1.29 is 9.53 Å². The van der Waals surface area contributed by atoms with E-state index in [0.717, 1.165) is 31.6 Å². The normalized spacial score (nSPS) is 18.3. The molecule has 2 atom stereocenters. The molecule has 1 fully saturated rings. The lowest BCUT2D eigenvalue weighted by atomic mass is 10.1. The highest BCUT2D eigenvalue weighted by Gasteiger charge is 2.23. The second kappa shape index (κ2) is 7.97. The minimum atomic E-state index is -0.154. The van der Waals surface area contributed by atoms with Gasteiger partial charge in [0.1, 0.15) is 0 Å². The number of benzene rings is 1. The molecule has 0 aliphatic carbocycles. The summed E-state index contributed by atoms with van der Waals surface area (Å²) in [6.45, 7) is 4.04. The van der Waals surface area contributed by atoms with Crippen LogP contribution in [0.4, 0.5) is 4.79 Å². The van der Waals surface area contributed by atoms with Crippen LogP contribution in [0.25, 0.3) is 0 Å². The van der Waals surface area contributed by atoms with Crippen molar-refractivity contribution in [3.8, 4) is 0 Å². The van der Waals surface area contributed by atoms with E-state index in [1.165, 1.54) is 5.56 Å². The number of ether oxygens (including phenoxy) is 1. The monoisotopic (exact) mass is 328 g/mol. The Kier molecular flexibility index (Phi) is 5.48. The van der Waals surface area contributed by atoms with Crippen LogP contribution in [0, 0.1) is 0 Å². The van der Waals surface area contributed by atoms with E-state index in [-0.39, 0.29) is 18.2 Å². The first-order chi connectivity index (χ1) is 11.7. The largest absolute Gasteiger partial charge is 0.376 e. The number of nitrogens with zero attached hydrogens (tertiary/aromatic N) is 2. The Bertz CT molecular complexity index is 634. The number of urea groups is 1. The predicted octanol–water partition coefficient (Wildman–Crippen LogP) is 2.30. The first kappa shape index (κ1) is 16.5. The van der Waals surface area contributed by atoms with Gasteiger partial charge in [0.2, 0.25) is 0 Å². The fourth-order valence-electron chi connectivity index (χ4n) is 2.87. The first-order valence-electron chi connectivity index (χ1n) is 8.42. The minimum Gasteiger partial charge on any atom is -0.376 e. The summed E-state index contributed by atoms with van der Waals surface area (Å²) in [4.78, 5) is 12.0. The van der Waals surface area contributed by atoms with Crippen LogP contribution >= 0.6 is 0 Å². The average molecular weight is 328 g/mol. The van der Waals surface area contributed by atoms with E-state index in [1.54, 1.807) is 6.20 Å². The van der Waals surface area contributed by atoms with E-state index >= 15 is 0 Å². The SMILES string of the molecule is C[C@H](NC(=O)NCc1ccc(Cn2cccn2)cc1)[C@H]1CCCO1. The lowest BCUT2D eigenvalue weighted by Gasteiger charge is -2.20. The van der Waals surface area contributed by atoms with E-state index in [1.807, 2.05) is 36.0 Å². The van der Waals surface area contributed by atoms with Crippen LogP contribution in [-0.2, 0) is 17.8 Å². The average Bonchev–Trinajstić information content (AvgIpc) is 3.28. The van der Waals surface area contributed by atoms with E-state index < -0.39 is 0 Å². The molecular weight excluding hydrogens is 304 g/mol. The third-order valence-corrected chi connectivity index (χ3v) is 4.26. The van der Waals surface area contributed by atoms with Crippen LogP contribution in [0.3, 0.4) is 0 Å². The molecule has 0 unspecified atom stereocenters. The molecule has 2 heterocycles. The van der Waals surface area contributed by atoms with Crippen molar-refractivity contribution in [3.05, 3.63) is 53.9 Å². The molecule has 1 aliphatic heterocycles. The topological polar surface area (TPSA) is 68.2 Å². The smallest absolute Gasteiger partial charge is 0.315 e. The second-order valence-corrected chi connectivity index (χ2v) is 6.19. The predicted molar refractivity (Wildman–Crippen MR) is 91.6 cm³/mol. The highest BCUT2D eigenvalue weighted by Crippen LogP contribution is 2.15. The van der Waals surface area contributed by atoms with Crippen LogP contribution in [-0.4, -0.2) is 34.6 Å². The summed E-state index contributed by atoms with van der Waals surface area (Å²) in [5.41, 5.74) is 2.25. The Morgan fingerprint density at radius 1 is 1.38 bits per heavy atom. The highest BCUT2D eigenvalue weighted by molar-refractivity contribution is 5.74. The number of rotatable bonds is 6. The zero-order valence-electron chi connectivity index (χ0n) is 13.9. The van der Waals surface area contributed by atoms with Crippen molar-refractivity contribution in [1.82, 2.24) is 20.4 Å². The molecule has 3 rings (SSSR count). The van der Waals surface area contributed by atoms with Crippen molar-refractivity contribution in [2.24, 2.45) is 0 Å². The molecule has 2 aromatic rings. The molecule has 1 aliphatic rings. The molecule has 2 N–H and O–H groups in total. The van der Waals surface area contributed by atoms with Crippen molar-refractivity contribution in [3.63, 3.8) is 0 Å². The van der Waals surface area contributed by atoms with Gasteiger partial charge in [-0.25, -0.2) is 4.79 Å². The minimum absolute atomic E-state index is 0.0314. The third-order valence-electron chi connectivity index (χ3n) is 4.26. The maximum Gasteiger partial charge on any atom is 0.315 e. The highest BCUT2D eigenvalue weighted by atomic mass is 16.5. The van der Waals surface area contributed by atoms with Crippen LogP contribution in [0.15, 0.2) is 42.7 Å². The van der Waals surface area contributed by atoms with Crippen LogP contribution in [0.2, 0.25) is 0 Å². The second-order valence-electron chi connectivity index (χ2n) is 6.19. The lowest BCUT2D eigenvalue weighted by Crippen LogP contribution is -2.45. The summed E-state index contributed by atoms with van der Waals surface area (Å²) in [5, 5.41) is 10.0. The van der Waals surface area contributed by atoms with Crippen LogP contribution in [0.1, 0.15) is 30.9 Å². The molecule has 1 saturated heterocycles. The van der Waals surface area contributed by atoms with Crippen molar-refractivity contribution >= 4 is 6.03 Å². The van der Waals surface area contributed by atoms with Gasteiger partial charge in [-0.2, -0.15) is 5.10 Å². The van der Waals surface area contributed by atoms with Gasteiger partial charge in [0.05, 0.1) is 18.7 Å². The molecule has 0 bridgehead atoms. The number of nitrogens with one attached hydrogen (secondary N) is 2. The number of hydrogen-bond acceptors (Lipinski definition) is 3. The van der Waals surface area contributed by atoms with E-state index in [9.17, 15) is 4.79 Å². The summed E-state index contributed by atoms with van der Waals surface area (Å²) in [7, 11) is 0. The Labute approximate surface area is 142 Å². The van der Waals surface area contributed by atoms with Gasteiger partial charge in [0.15, 0.2) is 0 Å². The maximum atomic E-state index is 12.0. The molecule has 1 aromatic carbocycles. The van der Waals surface area contributed by atoms with Gasteiger partial charge < -0.3 is 15.4 Å². The van der Waals surface area contributed by atoms with Crippen LogP contribution in [0.5, 0.6) is 0 Å². The van der Waals surface area contributed by atoms with Gasteiger partial charge in [-0.1, -0.05) is 24.3 Å². The first-order valence-corrected chi connectivity index (χ1v) is 8.42. The molecular formula is C18H24N4O2. The van der Waals surface area contributed by atoms with Crippen LogP contribution < -0.4 is 10.6 Å². The molecule has 2 amide bonds. The maximum absolute atomic E-state index is 12.0. The van der Waals surface area contributed by atoms with E-state index in [0.29, 0.717) is 6.54 Å². The number of aromatic nitrogens is 2. The lowest BCUT2D eigenvalue weighted by molar-refractivity contribution is 0.0860. The number of carbonyl (C=O) groups is 1. The quantitative estimate of drug-likeness (QED) is 0.855. The van der Waals surface area contributed by atoms with Crippen molar-refractivity contribution in [2.75, 3.05) is 6.61 Å². The molecule has 6 nitrogen and oxygen atoms in total. The molecule has 6 heteroatoms. The fourth-order valence-corrected chi connectivity index (χ4v) is 2.87. The van der Waals surface area contributed by atoms with Crippen molar-refractivity contribution in [1.29, 1.82) is 0 Å². The molecule has 0 spiro atoms. The van der Waals surface area contributed by atoms with E-state index in [4.69, 9.17) is 4.74 Å². The Morgan fingerprint density at radius 3 is 2.83 bits per heavy atom. The number of hydrogen-bond donors (Lipinski definition) is 2. The summed E-state index contributed by atoms with van der Waals surface area (Å²) >= 11 is 0. The van der Waals surface area contributed by atoms with E-state index in [2.05, 4.69) is 27.9 Å². The van der Waals surface area contributed by atoms with Crippen molar-refractivity contribution in [2.45, 2.75) is 45.0 Å². The summed E-state index contributed by atoms with van der Waals surface area (Å²) in [6, 6.07) is 9.97. The summed E-state index contributed by atoms with van der Waals surface area (Å²) in [5.74, 6) is 0. The third kappa shape index (κ3) is 4.58. The van der Waals surface area contributed by atoms with Gasteiger partial charge in [-0.15, -0.1) is 0 Å². The molecule has 1 aromatic heterocycles. The fraction of sp³-hybridized carbons (Fsp3) is 0.444.